The Hall–Kier alpha value is -2.77. The molecule has 2 aromatic heterocycles. The molecule has 0 N–H and O–H groups in total. The highest BCUT2D eigenvalue weighted by atomic mass is 35.5. The summed E-state index contributed by atoms with van der Waals surface area (Å²) in [6.45, 7) is -0.497. The predicted molar refractivity (Wildman–Crippen MR) is 86.7 cm³/mol. The molecule has 144 valence electrons. The van der Waals surface area contributed by atoms with E-state index in [2.05, 4.69) is 28.8 Å². The molecule has 11 nitrogen and oxygen atoms in total. The molecule has 0 bridgehead atoms. The van der Waals surface area contributed by atoms with Crippen LogP contribution in [0.15, 0.2) is 32.1 Å². The summed E-state index contributed by atoms with van der Waals surface area (Å²) in [4.78, 5) is 12.0. The van der Waals surface area contributed by atoms with Crippen molar-refractivity contribution in [1.29, 1.82) is 0 Å². The Morgan fingerprint density at radius 2 is 2.04 bits per heavy atom. The maximum Gasteiger partial charge on any atom is 0.446 e. The molecule has 0 atom stereocenters. The summed E-state index contributed by atoms with van der Waals surface area (Å²) in [5, 5.41) is 10.5. The standard InChI is InChI=1S/C13H10ClFN4O7S/c1-27(21,22)24-5-4-23-12-10(16-26-18-12)11-17-25-13(20)19(11)7-2-3-9(15)8(14)6-7/h2-3,6H,4-5H2,1H3. The summed E-state index contributed by atoms with van der Waals surface area (Å²) in [5.41, 5.74) is 0.0395. The normalized spacial score (nSPS) is 11.7. The Labute approximate surface area is 155 Å². The number of rotatable bonds is 7. The molecule has 1 aromatic carbocycles. The first-order chi connectivity index (χ1) is 12.8. The summed E-state index contributed by atoms with van der Waals surface area (Å²) >= 11 is 5.74. The van der Waals surface area contributed by atoms with Crippen LogP contribution in [-0.2, 0) is 14.3 Å². The second-order valence-electron chi connectivity index (χ2n) is 5.00. The van der Waals surface area contributed by atoms with Gasteiger partial charge in [0.1, 0.15) is 19.0 Å². The van der Waals surface area contributed by atoms with Crippen LogP contribution < -0.4 is 10.5 Å². The van der Waals surface area contributed by atoms with Crippen LogP contribution in [-0.4, -0.2) is 47.9 Å². The smallest absolute Gasteiger partial charge is 0.446 e. The lowest BCUT2D eigenvalue weighted by molar-refractivity contribution is 0.204. The Bertz CT molecular complexity index is 1120. The van der Waals surface area contributed by atoms with Crippen LogP contribution in [0.5, 0.6) is 5.88 Å². The van der Waals surface area contributed by atoms with Crippen molar-refractivity contribution in [2.24, 2.45) is 0 Å². The van der Waals surface area contributed by atoms with Gasteiger partial charge >= 0.3 is 5.76 Å². The maximum absolute atomic E-state index is 13.4. The van der Waals surface area contributed by atoms with Crippen molar-refractivity contribution in [3.8, 4) is 23.1 Å². The van der Waals surface area contributed by atoms with Gasteiger partial charge in [-0.25, -0.2) is 18.4 Å². The molecule has 0 fully saturated rings. The zero-order valence-electron chi connectivity index (χ0n) is 13.5. The summed E-state index contributed by atoms with van der Waals surface area (Å²) < 4.78 is 55.1. The van der Waals surface area contributed by atoms with E-state index in [-0.39, 0.29) is 41.3 Å². The topological polar surface area (TPSA) is 140 Å². The van der Waals surface area contributed by atoms with Gasteiger partial charge in [0, 0.05) is 0 Å². The fraction of sp³-hybridized carbons (Fsp3) is 0.231. The Morgan fingerprint density at radius 3 is 2.74 bits per heavy atom. The van der Waals surface area contributed by atoms with Crippen molar-refractivity contribution >= 4 is 21.7 Å². The first-order valence-corrected chi connectivity index (χ1v) is 9.30. The van der Waals surface area contributed by atoms with Gasteiger partial charge < -0.3 is 4.74 Å². The van der Waals surface area contributed by atoms with E-state index in [1.807, 2.05) is 0 Å². The number of ether oxygens (including phenoxy) is 1. The van der Waals surface area contributed by atoms with E-state index >= 15 is 0 Å². The van der Waals surface area contributed by atoms with E-state index in [1.165, 1.54) is 12.1 Å². The quantitative estimate of drug-likeness (QED) is 0.402. The SMILES string of the molecule is CS(=O)(=O)OCCOc1nonc1-c1noc(=O)n1-c1ccc(F)c(Cl)c1. The maximum atomic E-state index is 13.4. The predicted octanol–water partition coefficient (Wildman–Crippen LogP) is 1.02. The second kappa shape index (κ2) is 7.46. The van der Waals surface area contributed by atoms with Gasteiger partial charge in [0.15, 0.2) is 0 Å². The summed E-state index contributed by atoms with van der Waals surface area (Å²) in [7, 11) is -3.63. The number of benzene rings is 1. The van der Waals surface area contributed by atoms with Gasteiger partial charge in [0.05, 0.1) is 17.0 Å². The van der Waals surface area contributed by atoms with Crippen LogP contribution in [0.3, 0.4) is 0 Å². The number of halogens is 2. The highest BCUT2D eigenvalue weighted by molar-refractivity contribution is 7.85. The van der Waals surface area contributed by atoms with Crippen molar-refractivity contribution in [3.05, 3.63) is 39.6 Å². The van der Waals surface area contributed by atoms with Crippen LogP contribution in [0.1, 0.15) is 0 Å². The fourth-order valence-corrected chi connectivity index (χ4v) is 2.53. The molecule has 0 radical (unpaired) electrons. The summed E-state index contributed by atoms with van der Waals surface area (Å²) in [6, 6.07) is 3.52. The average molecular weight is 421 g/mol. The number of hydrogen-bond donors (Lipinski definition) is 0. The van der Waals surface area contributed by atoms with E-state index in [9.17, 15) is 17.6 Å². The monoisotopic (exact) mass is 420 g/mol. The van der Waals surface area contributed by atoms with Crippen molar-refractivity contribution in [2.45, 2.75) is 0 Å². The zero-order valence-corrected chi connectivity index (χ0v) is 15.0. The molecule has 0 amide bonds. The number of nitrogens with zero attached hydrogens (tertiary/aromatic N) is 4. The van der Waals surface area contributed by atoms with Gasteiger partial charge in [-0.05, 0) is 28.5 Å². The van der Waals surface area contributed by atoms with Crippen LogP contribution in [0.25, 0.3) is 17.2 Å². The van der Waals surface area contributed by atoms with Gasteiger partial charge in [-0.1, -0.05) is 16.8 Å². The first-order valence-electron chi connectivity index (χ1n) is 7.10. The van der Waals surface area contributed by atoms with Crippen LogP contribution in [0.4, 0.5) is 4.39 Å². The second-order valence-corrected chi connectivity index (χ2v) is 7.05. The zero-order chi connectivity index (χ0) is 19.6. The molecule has 0 aliphatic rings. The minimum Gasteiger partial charge on any atom is -0.471 e. The van der Waals surface area contributed by atoms with Crippen molar-refractivity contribution in [2.75, 3.05) is 19.5 Å². The molecule has 0 aliphatic carbocycles. The highest BCUT2D eigenvalue weighted by Crippen LogP contribution is 2.27. The molecule has 0 aliphatic heterocycles. The third-order valence-electron chi connectivity index (χ3n) is 3.06. The third-order valence-corrected chi connectivity index (χ3v) is 3.94. The molecule has 27 heavy (non-hydrogen) atoms. The van der Waals surface area contributed by atoms with E-state index in [1.54, 1.807) is 0 Å². The molecule has 3 rings (SSSR count). The fourth-order valence-electron chi connectivity index (χ4n) is 1.99. The largest absolute Gasteiger partial charge is 0.471 e. The van der Waals surface area contributed by atoms with Gasteiger partial charge in [0.2, 0.25) is 11.5 Å². The highest BCUT2D eigenvalue weighted by Gasteiger charge is 2.24. The lowest BCUT2D eigenvalue weighted by Gasteiger charge is -2.05. The van der Waals surface area contributed by atoms with E-state index < -0.39 is 21.7 Å². The van der Waals surface area contributed by atoms with Gasteiger partial charge in [0.25, 0.3) is 16.0 Å². The minimum atomic E-state index is -3.63. The third kappa shape index (κ3) is 4.32. The lowest BCUT2D eigenvalue weighted by Crippen LogP contribution is -2.14. The lowest BCUT2D eigenvalue weighted by atomic mass is 10.3. The molecule has 2 heterocycles. The minimum absolute atomic E-state index is 0.111. The van der Waals surface area contributed by atoms with Crippen molar-refractivity contribution in [3.63, 3.8) is 0 Å². The molecule has 0 saturated carbocycles. The Balaban J connectivity index is 1.89. The molecule has 0 unspecified atom stereocenters. The van der Waals surface area contributed by atoms with Crippen molar-refractivity contribution in [1.82, 2.24) is 20.0 Å². The summed E-state index contributed by atoms with van der Waals surface area (Å²) in [5.74, 6) is -1.92. The molecule has 0 saturated heterocycles. The van der Waals surface area contributed by atoms with Crippen molar-refractivity contribution < 1.29 is 30.9 Å². The molecule has 14 heteroatoms. The molecule has 0 spiro atoms. The van der Waals surface area contributed by atoms with Crippen LogP contribution in [0, 0.1) is 5.82 Å². The molecule has 3 aromatic rings. The van der Waals surface area contributed by atoms with Crippen LogP contribution >= 0.6 is 11.6 Å². The molecular formula is C13H10ClFN4O7S. The number of aromatic nitrogens is 4. The summed E-state index contributed by atoms with van der Waals surface area (Å²) in [6.07, 6.45) is 0.887. The average Bonchev–Trinajstić information content (AvgIpc) is 3.19. The van der Waals surface area contributed by atoms with Gasteiger partial charge in [-0.3, -0.25) is 8.71 Å². The van der Waals surface area contributed by atoms with Crippen LogP contribution in [0.2, 0.25) is 5.02 Å². The van der Waals surface area contributed by atoms with E-state index in [0.29, 0.717) is 0 Å². The van der Waals surface area contributed by atoms with Gasteiger partial charge in [-0.2, -0.15) is 8.42 Å². The Morgan fingerprint density at radius 1 is 1.26 bits per heavy atom. The van der Waals surface area contributed by atoms with Gasteiger partial charge in [-0.15, -0.1) is 0 Å². The van der Waals surface area contributed by atoms with E-state index in [0.717, 1.165) is 16.9 Å². The number of hydrogen-bond acceptors (Lipinski definition) is 10. The first kappa shape index (κ1) is 19.0. The molecular weight excluding hydrogens is 411 g/mol. The van der Waals surface area contributed by atoms with E-state index in [4.69, 9.17) is 16.3 Å². The Kier molecular flexibility index (Phi) is 5.25.